The van der Waals surface area contributed by atoms with Gasteiger partial charge in [-0.05, 0) is 12.1 Å². The first-order valence-corrected chi connectivity index (χ1v) is 5.74. The molecule has 1 amide bonds. The third kappa shape index (κ3) is 2.54. The van der Waals surface area contributed by atoms with Gasteiger partial charge in [-0.15, -0.1) is 0 Å². The van der Waals surface area contributed by atoms with Crippen LogP contribution in [0.4, 0.5) is 11.4 Å². The van der Waals surface area contributed by atoms with Crippen LogP contribution < -0.4 is 5.32 Å². The standard InChI is InChI=1S/C11H9ClN4O4/c1-15-10(8(5-13-15)16(19)20)11(18)14-7-3-2-6(12)4-9(7)17/h2-5,17H,1H3,(H,14,18). The smallest absolute Gasteiger partial charge is 0.320 e. The molecule has 0 unspecified atom stereocenters. The van der Waals surface area contributed by atoms with Crippen LogP contribution >= 0.6 is 11.6 Å². The maximum Gasteiger partial charge on any atom is 0.320 e. The minimum Gasteiger partial charge on any atom is -0.506 e. The number of aryl methyl sites for hydroxylation is 1. The number of nitrogens with one attached hydrogen (secondary N) is 1. The molecule has 0 bridgehead atoms. The number of rotatable bonds is 3. The number of phenols is 1. The van der Waals surface area contributed by atoms with Gasteiger partial charge >= 0.3 is 5.69 Å². The summed E-state index contributed by atoms with van der Waals surface area (Å²) in [5, 5.41) is 26.8. The van der Waals surface area contributed by atoms with Gasteiger partial charge in [-0.2, -0.15) is 5.10 Å². The van der Waals surface area contributed by atoms with Gasteiger partial charge in [-0.1, -0.05) is 11.6 Å². The Morgan fingerprint density at radius 2 is 2.25 bits per heavy atom. The predicted molar refractivity (Wildman–Crippen MR) is 70.9 cm³/mol. The number of amides is 1. The van der Waals surface area contributed by atoms with E-state index < -0.39 is 16.5 Å². The zero-order valence-corrected chi connectivity index (χ0v) is 11.0. The predicted octanol–water partition coefficient (Wildman–Crippen LogP) is 1.94. The van der Waals surface area contributed by atoms with Gasteiger partial charge in [0.15, 0.2) is 0 Å². The number of aromatic nitrogens is 2. The van der Waals surface area contributed by atoms with E-state index in [2.05, 4.69) is 10.4 Å². The molecule has 0 radical (unpaired) electrons. The second-order valence-corrected chi connectivity index (χ2v) is 4.31. The normalized spacial score (nSPS) is 10.3. The van der Waals surface area contributed by atoms with Gasteiger partial charge in [0, 0.05) is 18.1 Å². The number of halogens is 1. The van der Waals surface area contributed by atoms with E-state index in [-0.39, 0.29) is 17.1 Å². The van der Waals surface area contributed by atoms with Gasteiger partial charge in [-0.3, -0.25) is 19.6 Å². The number of anilines is 1. The van der Waals surface area contributed by atoms with E-state index in [4.69, 9.17) is 11.6 Å². The van der Waals surface area contributed by atoms with Crippen LogP contribution in [0.25, 0.3) is 0 Å². The second kappa shape index (κ2) is 5.17. The number of carbonyl (C=O) groups is 1. The summed E-state index contributed by atoms with van der Waals surface area (Å²) in [6, 6.07) is 4.10. The fourth-order valence-electron chi connectivity index (χ4n) is 1.61. The van der Waals surface area contributed by atoms with Crippen molar-refractivity contribution in [3.63, 3.8) is 0 Å². The highest BCUT2D eigenvalue weighted by molar-refractivity contribution is 6.30. The molecule has 2 rings (SSSR count). The first-order chi connectivity index (χ1) is 9.40. The van der Waals surface area contributed by atoms with Gasteiger partial charge in [0.1, 0.15) is 11.9 Å². The molecule has 104 valence electrons. The van der Waals surface area contributed by atoms with Crippen molar-refractivity contribution in [2.24, 2.45) is 7.05 Å². The quantitative estimate of drug-likeness (QED) is 0.511. The van der Waals surface area contributed by atoms with Crippen LogP contribution in [-0.2, 0) is 7.05 Å². The lowest BCUT2D eigenvalue weighted by molar-refractivity contribution is -0.385. The number of aromatic hydroxyl groups is 1. The Hall–Kier alpha value is -2.61. The molecule has 0 aliphatic heterocycles. The molecule has 1 aromatic carbocycles. The summed E-state index contributed by atoms with van der Waals surface area (Å²) >= 11 is 5.67. The van der Waals surface area contributed by atoms with Gasteiger partial charge < -0.3 is 10.4 Å². The average molecular weight is 297 g/mol. The summed E-state index contributed by atoms with van der Waals surface area (Å²) in [4.78, 5) is 22.1. The number of hydrogen-bond donors (Lipinski definition) is 2. The lowest BCUT2D eigenvalue weighted by atomic mass is 10.2. The second-order valence-electron chi connectivity index (χ2n) is 3.87. The molecule has 0 fully saturated rings. The molecule has 0 spiro atoms. The van der Waals surface area contributed by atoms with Crippen LogP contribution in [0.5, 0.6) is 5.75 Å². The van der Waals surface area contributed by atoms with Crippen LogP contribution in [-0.4, -0.2) is 25.7 Å². The summed E-state index contributed by atoms with van der Waals surface area (Å²) in [7, 11) is 1.41. The number of nitro groups is 1. The van der Waals surface area contributed by atoms with Crippen molar-refractivity contribution in [3.05, 3.63) is 45.2 Å². The third-order valence-corrected chi connectivity index (χ3v) is 2.77. The lowest BCUT2D eigenvalue weighted by Crippen LogP contribution is -2.17. The fraction of sp³-hybridized carbons (Fsp3) is 0.0909. The van der Waals surface area contributed by atoms with Crippen molar-refractivity contribution in [3.8, 4) is 5.75 Å². The number of nitrogens with zero attached hydrogens (tertiary/aromatic N) is 3. The summed E-state index contributed by atoms with van der Waals surface area (Å²) in [6.07, 6.45) is 0.983. The van der Waals surface area contributed by atoms with E-state index in [0.29, 0.717) is 5.02 Å². The van der Waals surface area contributed by atoms with Crippen molar-refractivity contribution < 1.29 is 14.8 Å². The van der Waals surface area contributed by atoms with Crippen molar-refractivity contribution in [1.29, 1.82) is 0 Å². The van der Waals surface area contributed by atoms with Crippen molar-refractivity contribution in [2.45, 2.75) is 0 Å². The third-order valence-electron chi connectivity index (χ3n) is 2.54. The summed E-state index contributed by atoms with van der Waals surface area (Å²) in [5.74, 6) is -0.995. The molecular weight excluding hydrogens is 288 g/mol. The summed E-state index contributed by atoms with van der Waals surface area (Å²) in [6.45, 7) is 0. The van der Waals surface area contributed by atoms with Crippen LogP contribution in [0.15, 0.2) is 24.4 Å². The molecule has 2 aromatic rings. The molecule has 9 heteroatoms. The van der Waals surface area contributed by atoms with Gasteiger partial charge in [0.25, 0.3) is 5.91 Å². The first kappa shape index (κ1) is 13.8. The van der Waals surface area contributed by atoms with Gasteiger partial charge in [0.05, 0.1) is 10.6 Å². The molecule has 8 nitrogen and oxygen atoms in total. The molecule has 0 saturated carbocycles. The monoisotopic (exact) mass is 296 g/mol. The Balaban J connectivity index is 2.33. The van der Waals surface area contributed by atoms with Crippen molar-refractivity contribution in [1.82, 2.24) is 9.78 Å². The molecular formula is C11H9ClN4O4. The van der Waals surface area contributed by atoms with Crippen LogP contribution in [0.1, 0.15) is 10.5 Å². The van der Waals surface area contributed by atoms with E-state index in [1.807, 2.05) is 0 Å². The fourth-order valence-corrected chi connectivity index (χ4v) is 1.78. The van der Waals surface area contributed by atoms with Crippen LogP contribution in [0.3, 0.4) is 0 Å². The minimum absolute atomic E-state index is 0.0925. The Morgan fingerprint density at radius 1 is 1.55 bits per heavy atom. The molecule has 0 atom stereocenters. The maximum atomic E-state index is 12.0. The molecule has 2 N–H and O–H groups in total. The lowest BCUT2D eigenvalue weighted by Gasteiger charge is -2.07. The Morgan fingerprint density at radius 3 is 2.85 bits per heavy atom. The molecule has 0 aliphatic carbocycles. The highest BCUT2D eigenvalue weighted by Crippen LogP contribution is 2.27. The van der Waals surface area contributed by atoms with E-state index in [0.717, 1.165) is 10.9 Å². The zero-order valence-electron chi connectivity index (χ0n) is 10.2. The van der Waals surface area contributed by atoms with E-state index in [1.165, 1.54) is 25.2 Å². The number of carbonyl (C=O) groups excluding carboxylic acids is 1. The van der Waals surface area contributed by atoms with Crippen LogP contribution in [0, 0.1) is 10.1 Å². The van der Waals surface area contributed by atoms with Gasteiger partial charge in [-0.25, -0.2) is 0 Å². The maximum absolute atomic E-state index is 12.0. The summed E-state index contributed by atoms with van der Waals surface area (Å²) < 4.78 is 1.08. The number of benzene rings is 1. The van der Waals surface area contributed by atoms with Gasteiger partial charge in [0.2, 0.25) is 5.69 Å². The largest absolute Gasteiger partial charge is 0.506 e. The Kier molecular flexibility index (Phi) is 3.57. The SMILES string of the molecule is Cn1ncc([N+](=O)[O-])c1C(=O)Nc1ccc(Cl)cc1O. The van der Waals surface area contributed by atoms with E-state index in [9.17, 15) is 20.0 Å². The first-order valence-electron chi connectivity index (χ1n) is 5.36. The molecule has 20 heavy (non-hydrogen) atoms. The minimum atomic E-state index is -0.755. The van der Waals surface area contributed by atoms with Crippen molar-refractivity contribution >= 4 is 28.9 Å². The topological polar surface area (TPSA) is 110 Å². The average Bonchev–Trinajstić information content (AvgIpc) is 2.75. The highest BCUT2D eigenvalue weighted by Gasteiger charge is 2.25. The van der Waals surface area contributed by atoms with Crippen molar-refractivity contribution in [2.75, 3.05) is 5.32 Å². The summed E-state index contributed by atoms with van der Waals surface area (Å²) in [5.41, 5.74) is -0.544. The zero-order chi connectivity index (χ0) is 14.9. The molecule has 0 saturated heterocycles. The van der Waals surface area contributed by atoms with Crippen LogP contribution in [0.2, 0.25) is 5.02 Å². The number of hydrogen-bond acceptors (Lipinski definition) is 5. The molecule has 1 aromatic heterocycles. The number of phenolic OH excluding ortho intramolecular Hbond substituents is 1. The Labute approximate surface area is 117 Å². The molecule has 0 aliphatic rings. The van der Waals surface area contributed by atoms with E-state index >= 15 is 0 Å². The Bertz CT molecular complexity index is 698. The highest BCUT2D eigenvalue weighted by atomic mass is 35.5. The van der Waals surface area contributed by atoms with E-state index in [1.54, 1.807) is 0 Å². The molecule has 1 heterocycles.